The molecule has 0 radical (unpaired) electrons. The van der Waals surface area contributed by atoms with E-state index in [-0.39, 0.29) is 25.3 Å². The largest absolute Gasteiger partial charge is 0.378 e. The molecule has 2 amide bonds. The minimum absolute atomic E-state index is 0.0461. The van der Waals surface area contributed by atoms with Crippen LogP contribution in [-0.4, -0.2) is 40.5 Å². The fraction of sp³-hybridized carbons (Fsp3) is 0.467. The molecule has 1 heterocycles. The summed E-state index contributed by atoms with van der Waals surface area (Å²) in [6, 6.07) is 5.14. The normalized spacial score (nSPS) is 21.7. The fourth-order valence-electron chi connectivity index (χ4n) is 2.57. The first-order valence-electron chi connectivity index (χ1n) is 7.06. The standard InChI is InChI=1S/C15H18Cl2N2O3/c16-11-4-2-10(12(17)8-11)3-5-13(20)19-7-1-6-15(22,9-19)14(18)21/h2,4,8,22H,1,3,5-7,9H2,(H2,18,21)/t15-/m1/s1. The average molecular weight is 345 g/mol. The number of hydrogen-bond donors (Lipinski definition) is 2. The Bertz CT molecular complexity index is 594. The second kappa shape index (κ2) is 6.86. The van der Waals surface area contributed by atoms with Crippen molar-refractivity contribution in [3.63, 3.8) is 0 Å². The Labute approximate surface area is 139 Å². The third-order valence-corrected chi connectivity index (χ3v) is 4.49. The Morgan fingerprint density at radius 1 is 1.36 bits per heavy atom. The number of carbonyl (C=O) groups is 2. The van der Waals surface area contributed by atoms with Crippen molar-refractivity contribution in [3.8, 4) is 0 Å². The lowest BCUT2D eigenvalue weighted by molar-refractivity contribution is -0.148. The molecule has 3 N–H and O–H groups in total. The average Bonchev–Trinajstić information content (AvgIpc) is 2.46. The fourth-order valence-corrected chi connectivity index (χ4v) is 3.08. The van der Waals surface area contributed by atoms with Crippen LogP contribution in [0.15, 0.2) is 18.2 Å². The number of amides is 2. The van der Waals surface area contributed by atoms with E-state index in [1.54, 1.807) is 18.2 Å². The summed E-state index contributed by atoms with van der Waals surface area (Å²) in [6.07, 6.45) is 1.55. The van der Waals surface area contributed by atoms with E-state index in [4.69, 9.17) is 28.9 Å². The molecule has 1 aromatic rings. The molecule has 0 aromatic heterocycles. The summed E-state index contributed by atoms with van der Waals surface area (Å²) in [6.45, 7) is 0.471. The van der Waals surface area contributed by atoms with Crippen LogP contribution in [0.4, 0.5) is 0 Å². The molecule has 1 aliphatic rings. The van der Waals surface area contributed by atoms with Gasteiger partial charge in [0.25, 0.3) is 5.91 Å². The summed E-state index contributed by atoms with van der Waals surface area (Å²) < 4.78 is 0. The number of carbonyl (C=O) groups excluding carboxylic acids is 2. The minimum atomic E-state index is -1.62. The Hall–Kier alpha value is -1.30. The molecule has 1 atom stereocenters. The van der Waals surface area contributed by atoms with Crippen LogP contribution in [0.25, 0.3) is 0 Å². The first-order valence-corrected chi connectivity index (χ1v) is 7.81. The van der Waals surface area contributed by atoms with Gasteiger partial charge in [-0.1, -0.05) is 29.3 Å². The van der Waals surface area contributed by atoms with E-state index in [1.165, 1.54) is 4.90 Å². The number of primary amides is 1. The second-order valence-corrected chi connectivity index (χ2v) is 6.39. The zero-order valence-electron chi connectivity index (χ0n) is 12.0. The van der Waals surface area contributed by atoms with Crippen LogP contribution in [0.1, 0.15) is 24.8 Å². The number of nitrogens with zero attached hydrogens (tertiary/aromatic N) is 1. The topological polar surface area (TPSA) is 83.6 Å². The van der Waals surface area contributed by atoms with Crippen LogP contribution in [-0.2, 0) is 16.0 Å². The SMILES string of the molecule is NC(=O)[C@@]1(O)CCCN(C(=O)CCc2ccc(Cl)cc2Cl)C1. The number of aryl methyl sites for hydroxylation is 1. The maximum atomic E-state index is 12.3. The smallest absolute Gasteiger partial charge is 0.251 e. The van der Waals surface area contributed by atoms with Crippen LogP contribution < -0.4 is 5.73 Å². The van der Waals surface area contributed by atoms with Gasteiger partial charge in [0.05, 0.1) is 6.54 Å². The van der Waals surface area contributed by atoms with Crippen LogP contribution in [0.5, 0.6) is 0 Å². The van der Waals surface area contributed by atoms with E-state index >= 15 is 0 Å². The van der Waals surface area contributed by atoms with Crippen molar-refractivity contribution in [2.75, 3.05) is 13.1 Å². The number of likely N-dealkylation sites (tertiary alicyclic amines) is 1. The van der Waals surface area contributed by atoms with Crippen molar-refractivity contribution >= 4 is 35.0 Å². The van der Waals surface area contributed by atoms with Crippen molar-refractivity contribution in [2.24, 2.45) is 5.73 Å². The van der Waals surface area contributed by atoms with Crippen LogP contribution in [0.3, 0.4) is 0 Å². The van der Waals surface area contributed by atoms with Gasteiger partial charge in [0, 0.05) is 23.0 Å². The summed E-state index contributed by atoms with van der Waals surface area (Å²) in [5, 5.41) is 11.2. The van der Waals surface area contributed by atoms with Gasteiger partial charge in [-0.25, -0.2) is 0 Å². The van der Waals surface area contributed by atoms with Crippen molar-refractivity contribution in [2.45, 2.75) is 31.3 Å². The highest BCUT2D eigenvalue weighted by Crippen LogP contribution is 2.24. The van der Waals surface area contributed by atoms with Gasteiger partial charge in [0.1, 0.15) is 0 Å². The molecule has 0 unspecified atom stereocenters. The second-order valence-electron chi connectivity index (χ2n) is 5.55. The molecule has 22 heavy (non-hydrogen) atoms. The van der Waals surface area contributed by atoms with Gasteiger partial charge in [0.2, 0.25) is 5.91 Å². The van der Waals surface area contributed by atoms with Crippen molar-refractivity contribution in [3.05, 3.63) is 33.8 Å². The summed E-state index contributed by atoms with van der Waals surface area (Å²) in [5.41, 5.74) is 4.42. The molecule has 0 saturated carbocycles. The Morgan fingerprint density at radius 3 is 2.73 bits per heavy atom. The molecule has 0 spiro atoms. The Balaban J connectivity index is 1.96. The van der Waals surface area contributed by atoms with Crippen molar-refractivity contribution in [1.82, 2.24) is 4.90 Å². The molecular formula is C15H18Cl2N2O3. The molecule has 5 nitrogen and oxygen atoms in total. The zero-order valence-corrected chi connectivity index (χ0v) is 13.5. The van der Waals surface area contributed by atoms with Crippen molar-refractivity contribution < 1.29 is 14.7 Å². The number of β-amino-alcohol motifs (C(OH)–C–C–N with tert-alkyl or cyclic N) is 1. The third-order valence-electron chi connectivity index (χ3n) is 3.91. The van der Waals surface area contributed by atoms with E-state index < -0.39 is 11.5 Å². The lowest BCUT2D eigenvalue weighted by Crippen LogP contribution is -2.57. The van der Waals surface area contributed by atoms with Gasteiger partial charge in [0.15, 0.2) is 5.60 Å². The zero-order chi connectivity index (χ0) is 16.3. The number of rotatable bonds is 4. The number of hydrogen-bond acceptors (Lipinski definition) is 3. The predicted octanol–water partition coefficient (Wildman–Crippen LogP) is 1.76. The van der Waals surface area contributed by atoms with Crippen molar-refractivity contribution in [1.29, 1.82) is 0 Å². The van der Waals surface area contributed by atoms with Gasteiger partial charge in [-0.2, -0.15) is 0 Å². The number of halogens is 2. The molecule has 0 aliphatic carbocycles. The Morgan fingerprint density at radius 2 is 2.09 bits per heavy atom. The molecule has 1 aliphatic heterocycles. The van der Waals surface area contributed by atoms with Gasteiger partial charge in [-0.05, 0) is 37.0 Å². The molecule has 1 fully saturated rings. The molecule has 7 heteroatoms. The maximum Gasteiger partial charge on any atom is 0.251 e. The number of piperidine rings is 1. The van der Waals surface area contributed by atoms with E-state index in [1.807, 2.05) is 0 Å². The lowest BCUT2D eigenvalue weighted by Gasteiger charge is -2.37. The molecule has 1 saturated heterocycles. The molecule has 1 aromatic carbocycles. The highest BCUT2D eigenvalue weighted by atomic mass is 35.5. The summed E-state index contributed by atoms with van der Waals surface area (Å²) in [4.78, 5) is 25.0. The number of nitrogens with two attached hydrogens (primary N) is 1. The number of benzene rings is 1. The number of aliphatic hydroxyl groups is 1. The highest BCUT2D eigenvalue weighted by molar-refractivity contribution is 6.35. The monoisotopic (exact) mass is 344 g/mol. The molecule has 2 rings (SSSR count). The quantitative estimate of drug-likeness (QED) is 0.872. The van der Waals surface area contributed by atoms with E-state index in [9.17, 15) is 14.7 Å². The summed E-state index contributed by atoms with van der Waals surface area (Å²) in [7, 11) is 0. The summed E-state index contributed by atoms with van der Waals surface area (Å²) >= 11 is 11.9. The van der Waals surface area contributed by atoms with Gasteiger partial charge < -0.3 is 15.7 Å². The third kappa shape index (κ3) is 3.91. The van der Waals surface area contributed by atoms with E-state index in [0.717, 1.165) is 5.56 Å². The van der Waals surface area contributed by atoms with Crippen LogP contribution >= 0.6 is 23.2 Å². The van der Waals surface area contributed by atoms with Crippen LogP contribution in [0.2, 0.25) is 10.0 Å². The highest BCUT2D eigenvalue weighted by Gasteiger charge is 2.39. The summed E-state index contributed by atoms with van der Waals surface area (Å²) in [5.74, 6) is -0.920. The van der Waals surface area contributed by atoms with Gasteiger partial charge in [-0.15, -0.1) is 0 Å². The maximum absolute atomic E-state index is 12.3. The molecule has 120 valence electrons. The van der Waals surface area contributed by atoms with Gasteiger partial charge in [-0.3, -0.25) is 9.59 Å². The minimum Gasteiger partial charge on any atom is -0.378 e. The first-order chi connectivity index (χ1) is 10.3. The van der Waals surface area contributed by atoms with Gasteiger partial charge >= 0.3 is 0 Å². The first kappa shape index (κ1) is 17.1. The lowest BCUT2D eigenvalue weighted by atomic mass is 9.92. The molecular weight excluding hydrogens is 327 g/mol. The van der Waals surface area contributed by atoms with E-state index in [2.05, 4.69) is 0 Å². The Kier molecular flexibility index (Phi) is 5.32. The molecule has 0 bridgehead atoms. The van der Waals surface area contributed by atoms with E-state index in [0.29, 0.717) is 29.4 Å². The van der Waals surface area contributed by atoms with Crippen LogP contribution in [0, 0.1) is 0 Å². The predicted molar refractivity (Wildman–Crippen MR) is 84.7 cm³/mol.